The van der Waals surface area contributed by atoms with Crippen molar-refractivity contribution < 1.29 is 9.53 Å². The first-order valence-electron chi connectivity index (χ1n) is 8.25. The van der Waals surface area contributed by atoms with Crippen molar-refractivity contribution in [2.75, 3.05) is 26.7 Å². The van der Waals surface area contributed by atoms with Crippen LogP contribution in [0, 0.1) is 0 Å². The quantitative estimate of drug-likeness (QED) is 0.871. The smallest absolute Gasteiger partial charge is 0.223 e. The van der Waals surface area contributed by atoms with Crippen LogP contribution >= 0.6 is 0 Å². The number of aryl methyl sites for hydroxylation is 1. The van der Waals surface area contributed by atoms with Crippen molar-refractivity contribution in [1.29, 1.82) is 0 Å². The number of hydrogen-bond donors (Lipinski definition) is 1. The van der Waals surface area contributed by atoms with Crippen molar-refractivity contribution in [1.82, 2.24) is 19.8 Å². The zero-order valence-corrected chi connectivity index (χ0v) is 14.2. The predicted octanol–water partition coefficient (Wildman–Crippen LogP) is 1.40. The zero-order chi connectivity index (χ0) is 16.9. The van der Waals surface area contributed by atoms with Crippen LogP contribution in [0.15, 0.2) is 42.9 Å². The van der Waals surface area contributed by atoms with E-state index in [2.05, 4.69) is 22.2 Å². The Morgan fingerprint density at radius 1 is 1.29 bits per heavy atom. The molecule has 1 fully saturated rings. The van der Waals surface area contributed by atoms with E-state index in [4.69, 9.17) is 4.74 Å². The highest BCUT2D eigenvalue weighted by Crippen LogP contribution is 2.26. The molecule has 1 aliphatic rings. The lowest BCUT2D eigenvalue weighted by Crippen LogP contribution is -2.40. The summed E-state index contributed by atoms with van der Waals surface area (Å²) in [6, 6.07) is 9.67. The number of ether oxygens (including phenoxy) is 1. The summed E-state index contributed by atoms with van der Waals surface area (Å²) in [5.41, 5.74) is 1.16. The average Bonchev–Trinajstić information content (AvgIpc) is 3.13. The Labute approximate surface area is 142 Å². The first-order valence-corrected chi connectivity index (χ1v) is 8.25. The molecule has 1 saturated heterocycles. The number of likely N-dealkylation sites (N-methyl/N-ethyl adjacent to an activating group) is 1. The zero-order valence-electron chi connectivity index (χ0n) is 14.2. The van der Waals surface area contributed by atoms with Crippen LogP contribution in [-0.4, -0.2) is 53.1 Å². The lowest BCUT2D eigenvalue weighted by atomic mass is 10.00. The van der Waals surface area contributed by atoms with Gasteiger partial charge in [0.05, 0.1) is 25.4 Å². The van der Waals surface area contributed by atoms with Gasteiger partial charge >= 0.3 is 0 Å². The largest absolute Gasteiger partial charge is 0.493 e. The maximum Gasteiger partial charge on any atom is 0.223 e. The molecule has 0 aliphatic carbocycles. The van der Waals surface area contributed by atoms with Gasteiger partial charge in [-0.1, -0.05) is 18.2 Å². The molecule has 2 heterocycles. The van der Waals surface area contributed by atoms with Crippen LogP contribution in [0.3, 0.4) is 0 Å². The summed E-state index contributed by atoms with van der Waals surface area (Å²) in [7, 11) is 4.07. The lowest BCUT2D eigenvalue weighted by Gasteiger charge is -2.20. The molecule has 0 bridgehead atoms. The molecule has 0 radical (unpaired) electrons. The maximum absolute atomic E-state index is 12.3. The van der Waals surface area contributed by atoms with Crippen LogP contribution in [0.4, 0.5) is 0 Å². The lowest BCUT2D eigenvalue weighted by molar-refractivity contribution is -0.122. The third-order valence-electron chi connectivity index (χ3n) is 4.42. The molecule has 0 unspecified atom stereocenters. The molecule has 1 amide bonds. The number of amides is 1. The first kappa shape index (κ1) is 16.5. The van der Waals surface area contributed by atoms with Crippen molar-refractivity contribution in [2.45, 2.75) is 18.4 Å². The summed E-state index contributed by atoms with van der Waals surface area (Å²) < 4.78 is 7.62. The number of nitrogens with one attached hydrogen (secondary N) is 1. The second kappa shape index (κ2) is 7.49. The van der Waals surface area contributed by atoms with E-state index in [9.17, 15) is 4.79 Å². The SMILES string of the molecule is CN1C[C@@H](NC(=O)CCOc2ccccc2)[C@H](c2cncn2C)C1. The van der Waals surface area contributed by atoms with E-state index < -0.39 is 0 Å². The van der Waals surface area contributed by atoms with Crippen LogP contribution in [0.25, 0.3) is 0 Å². The van der Waals surface area contributed by atoms with Gasteiger partial charge < -0.3 is 19.5 Å². The van der Waals surface area contributed by atoms with E-state index in [0.717, 1.165) is 24.5 Å². The molecule has 1 aliphatic heterocycles. The number of nitrogens with zero attached hydrogens (tertiary/aromatic N) is 3. The maximum atomic E-state index is 12.3. The molecule has 0 spiro atoms. The third kappa shape index (κ3) is 3.94. The van der Waals surface area contributed by atoms with E-state index in [1.165, 1.54) is 0 Å². The molecule has 6 heteroatoms. The van der Waals surface area contributed by atoms with Crippen molar-refractivity contribution >= 4 is 5.91 Å². The van der Waals surface area contributed by atoms with Crippen molar-refractivity contribution in [3.63, 3.8) is 0 Å². The molecule has 2 atom stereocenters. The van der Waals surface area contributed by atoms with Crippen LogP contribution in [0.2, 0.25) is 0 Å². The number of imidazole rings is 1. The average molecular weight is 328 g/mol. The van der Waals surface area contributed by atoms with Crippen molar-refractivity contribution in [2.24, 2.45) is 7.05 Å². The van der Waals surface area contributed by atoms with Gasteiger partial charge in [-0.25, -0.2) is 4.98 Å². The molecule has 0 saturated carbocycles. The van der Waals surface area contributed by atoms with Gasteiger partial charge in [-0.2, -0.15) is 0 Å². The van der Waals surface area contributed by atoms with E-state index in [1.807, 2.05) is 48.1 Å². The molecular formula is C18H24N4O2. The monoisotopic (exact) mass is 328 g/mol. The fraction of sp³-hybridized carbons (Fsp3) is 0.444. The fourth-order valence-electron chi connectivity index (χ4n) is 3.23. The van der Waals surface area contributed by atoms with Crippen LogP contribution < -0.4 is 10.1 Å². The Morgan fingerprint density at radius 2 is 2.08 bits per heavy atom. The summed E-state index contributed by atoms with van der Waals surface area (Å²) in [5, 5.41) is 3.16. The number of carbonyl (C=O) groups excluding carboxylic acids is 1. The Bertz CT molecular complexity index is 671. The number of benzene rings is 1. The van der Waals surface area contributed by atoms with E-state index in [-0.39, 0.29) is 17.9 Å². The Morgan fingerprint density at radius 3 is 2.79 bits per heavy atom. The number of likely N-dealkylation sites (tertiary alicyclic amines) is 1. The summed E-state index contributed by atoms with van der Waals surface area (Å²) in [6.45, 7) is 2.15. The minimum absolute atomic E-state index is 0.0263. The first-order chi connectivity index (χ1) is 11.6. The molecule has 128 valence electrons. The minimum atomic E-state index is 0.0263. The molecule has 6 nitrogen and oxygen atoms in total. The standard InChI is InChI=1S/C18H24N4O2/c1-21-11-15(17-10-19-13-22(17)2)16(12-21)20-18(23)8-9-24-14-6-4-3-5-7-14/h3-7,10,13,15-16H,8-9,11-12H2,1-2H3,(H,20,23)/t15-,16-/m1/s1. The molecular weight excluding hydrogens is 304 g/mol. The highest BCUT2D eigenvalue weighted by molar-refractivity contribution is 5.76. The van der Waals surface area contributed by atoms with Crippen LogP contribution in [0.1, 0.15) is 18.0 Å². The van der Waals surface area contributed by atoms with E-state index in [1.54, 1.807) is 6.33 Å². The predicted molar refractivity (Wildman–Crippen MR) is 91.9 cm³/mol. The van der Waals surface area contributed by atoms with E-state index in [0.29, 0.717) is 13.0 Å². The van der Waals surface area contributed by atoms with Gasteiger partial charge in [-0.05, 0) is 19.2 Å². The van der Waals surface area contributed by atoms with Crippen LogP contribution in [0.5, 0.6) is 5.75 Å². The summed E-state index contributed by atoms with van der Waals surface area (Å²) in [4.78, 5) is 18.7. The minimum Gasteiger partial charge on any atom is -0.493 e. The van der Waals surface area contributed by atoms with Gasteiger partial charge in [0, 0.05) is 37.9 Å². The highest BCUT2D eigenvalue weighted by atomic mass is 16.5. The molecule has 3 rings (SSSR count). The number of carbonyl (C=O) groups is 1. The Balaban J connectivity index is 1.52. The summed E-state index contributed by atoms with van der Waals surface area (Å²) in [6.07, 6.45) is 4.05. The van der Waals surface area contributed by atoms with Crippen molar-refractivity contribution in [3.8, 4) is 5.75 Å². The van der Waals surface area contributed by atoms with E-state index >= 15 is 0 Å². The number of para-hydroxylation sites is 1. The summed E-state index contributed by atoms with van der Waals surface area (Å²) >= 11 is 0. The fourth-order valence-corrected chi connectivity index (χ4v) is 3.23. The van der Waals surface area contributed by atoms with Gasteiger partial charge in [0.1, 0.15) is 5.75 Å². The second-order valence-corrected chi connectivity index (χ2v) is 6.34. The highest BCUT2D eigenvalue weighted by Gasteiger charge is 2.34. The molecule has 24 heavy (non-hydrogen) atoms. The van der Waals surface area contributed by atoms with Gasteiger partial charge in [-0.3, -0.25) is 4.79 Å². The second-order valence-electron chi connectivity index (χ2n) is 6.34. The van der Waals surface area contributed by atoms with Crippen molar-refractivity contribution in [3.05, 3.63) is 48.5 Å². The summed E-state index contributed by atoms with van der Waals surface area (Å²) in [5.74, 6) is 1.08. The third-order valence-corrected chi connectivity index (χ3v) is 4.42. The van der Waals surface area contributed by atoms with Gasteiger partial charge in [0.25, 0.3) is 0 Å². The van der Waals surface area contributed by atoms with Gasteiger partial charge in [0.2, 0.25) is 5.91 Å². The van der Waals surface area contributed by atoms with Crippen LogP contribution in [-0.2, 0) is 11.8 Å². The number of aromatic nitrogens is 2. The Kier molecular flexibility index (Phi) is 5.15. The molecule has 1 aromatic heterocycles. The van der Waals surface area contributed by atoms with Gasteiger partial charge in [0.15, 0.2) is 0 Å². The normalized spacial score (nSPS) is 20.9. The topological polar surface area (TPSA) is 59.4 Å². The molecule has 1 aromatic carbocycles. The number of rotatable bonds is 6. The molecule has 2 aromatic rings. The number of hydrogen-bond acceptors (Lipinski definition) is 4. The van der Waals surface area contributed by atoms with Gasteiger partial charge in [-0.15, -0.1) is 0 Å². The Hall–Kier alpha value is -2.34. The molecule has 1 N–H and O–H groups in total.